The molecule has 0 saturated heterocycles. The summed E-state index contributed by atoms with van der Waals surface area (Å²) in [4.78, 5) is 8.54. The molecule has 8 heteroatoms. The summed E-state index contributed by atoms with van der Waals surface area (Å²) >= 11 is 7.76. The molecule has 124 valence electrons. The summed E-state index contributed by atoms with van der Waals surface area (Å²) < 4.78 is 5.27. The second-order valence-corrected chi connectivity index (χ2v) is 6.11. The molecule has 1 aromatic heterocycles. The van der Waals surface area contributed by atoms with Gasteiger partial charge in [-0.3, -0.25) is 4.99 Å². The van der Waals surface area contributed by atoms with E-state index in [0.717, 1.165) is 23.8 Å². The van der Waals surface area contributed by atoms with E-state index in [1.54, 1.807) is 18.8 Å². The zero-order chi connectivity index (χ0) is 16.5. The first kappa shape index (κ1) is 17.6. The van der Waals surface area contributed by atoms with Gasteiger partial charge in [0.05, 0.1) is 0 Å². The molecule has 23 heavy (non-hydrogen) atoms. The van der Waals surface area contributed by atoms with Gasteiger partial charge in [0.15, 0.2) is 5.96 Å². The topological polar surface area (TPSA) is 75.3 Å². The molecule has 0 fully saturated rings. The molecule has 0 unspecified atom stereocenters. The Morgan fingerprint density at radius 2 is 2.17 bits per heavy atom. The van der Waals surface area contributed by atoms with E-state index in [1.807, 2.05) is 24.3 Å². The number of rotatable bonds is 7. The van der Waals surface area contributed by atoms with Crippen LogP contribution in [-0.2, 0) is 6.42 Å². The number of guanidine groups is 1. The highest BCUT2D eigenvalue weighted by Crippen LogP contribution is 2.19. The van der Waals surface area contributed by atoms with Crippen molar-refractivity contribution in [2.75, 3.05) is 32.1 Å². The van der Waals surface area contributed by atoms with Crippen molar-refractivity contribution in [1.82, 2.24) is 20.8 Å². The second kappa shape index (κ2) is 9.42. The van der Waals surface area contributed by atoms with Gasteiger partial charge in [-0.05, 0) is 18.4 Å². The lowest BCUT2D eigenvalue weighted by Crippen LogP contribution is -2.39. The minimum Gasteiger partial charge on any atom is -0.356 e. The molecular weight excluding hydrogens is 334 g/mol. The van der Waals surface area contributed by atoms with E-state index in [0.29, 0.717) is 29.7 Å². The average molecular weight is 354 g/mol. The lowest BCUT2D eigenvalue weighted by Gasteiger charge is -2.10. The van der Waals surface area contributed by atoms with Gasteiger partial charge in [-0.1, -0.05) is 28.9 Å². The van der Waals surface area contributed by atoms with Crippen LogP contribution in [0.5, 0.6) is 0 Å². The third-order valence-electron chi connectivity index (χ3n) is 3.00. The number of hydrogen-bond donors (Lipinski definition) is 2. The molecule has 0 amide bonds. The van der Waals surface area contributed by atoms with Gasteiger partial charge in [-0.15, -0.1) is 0 Å². The number of hydrogen-bond acceptors (Lipinski definition) is 5. The SMILES string of the molecule is CN=C(NCCSC)NCCc1nc(-c2cccc(Cl)c2)no1. The Morgan fingerprint density at radius 1 is 1.35 bits per heavy atom. The van der Waals surface area contributed by atoms with E-state index in [1.165, 1.54) is 0 Å². The van der Waals surface area contributed by atoms with Gasteiger partial charge in [-0.25, -0.2) is 0 Å². The second-order valence-electron chi connectivity index (χ2n) is 4.69. The van der Waals surface area contributed by atoms with Crippen LogP contribution in [0.15, 0.2) is 33.8 Å². The molecule has 0 aliphatic carbocycles. The predicted octanol–water partition coefficient (Wildman–Crippen LogP) is 2.46. The third kappa shape index (κ3) is 5.76. The van der Waals surface area contributed by atoms with Gasteiger partial charge in [-0.2, -0.15) is 16.7 Å². The maximum atomic E-state index is 5.97. The maximum absolute atomic E-state index is 5.97. The van der Waals surface area contributed by atoms with Crippen LogP contribution in [-0.4, -0.2) is 48.2 Å². The zero-order valence-electron chi connectivity index (χ0n) is 13.2. The molecule has 1 heterocycles. The fraction of sp³-hybridized carbons (Fsp3) is 0.400. The van der Waals surface area contributed by atoms with Gasteiger partial charge in [0.25, 0.3) is 0 Å². The Labute approximate surface area is 145 Å². The Bertz CT molecular complexity index is 646. The lowest BCUT2D eigenvalue weighted by atomic mass is 10.2. The molecule has 0 saturated carbocycles. The molecular formula is C15H20ClN5OS. The van der Waals surface area contributed by atoms with Crippen LogP contribution in [0, 0.1) is 0 Å². The van der Waals surface area contributed by atoms with Crippen molar-refractivity contribution in [1.29, 1.82) is 0 Å². The molecule has 2 rings (SSSR count). The fourth-order valence-corrected chi connectivity index (χ4v) is 2.38. The third-order valence-corrected chi connectivity index (χ3v) is 3.85. The smallest absolute Gasteiger partial charge is 0.228 e. The van der Waals surface area contributed by atoms with E-state index in [9.17, 15) is 0 Å². The predicted molar refractivity (Wildman–Crippen MR) is 96.2 cm³/mol. The first-order valence-electron chi connectivity index (χ1n) is 7.25. The highest BCUT2D eigenvalue weighted by Gasteiger charge is 2.09. The highest BCUT2D eigenvalue weighted by molar-refractivity contribution is 7.98. The summed E-state index contributed by atoms with van der Waals surface area (Å²) in [7, 11) is 1.75. The van der Waals surface area contributed by atoms with E-state index in [4.69, 9.17) is 16.1 Å². The van der Waals surface area contributed by atoms with Crippen LogP contribution in [0.3, 0.4) is 0 Å². The molecule has 0 bridgehead atoms. The van der Waals surface area contributed by atoms with E-state index >= 15 is 0 Å². The summed E-state index contributed by atoms with van der Waals surface area (Å²) in [5, 5.41) is 11.1. The number of aromatic nitrogens is 2. The number of nitrogens with zero attached hydrogens (tertiary/aromatic N) is 3. The van der Waals surface area contributed by atoms with Crippen LogP contribution in [0.2, 0.25) is 5.02 Å². The molecule has 2 N–H and O–H groups in total. The zero-order valence-corrected chi connectivity index (χ0v) is 14.7. The van der Waals surface area contributed by atoms with Crippen molar-refractivity contribution in [2.24, 2.45) is 4.99 Å². The normalized spacial score (nSPS) is 11.5. The molecule has 0 aliphatic heterocycles. The van der Waals surface area contributed by atoms with Crippen molar-refractivity contribution in [3.63, 3.8) is 0 Å². The quantitative estimate of drug-likeness (QED) is 0.452. The van der Waals surface area contributed by atoms with Crippen molar-refractivity contribution in [3.8, 4) is 11.4 Å². The van der Waals surface area contributed by atoms with Gasteiger partial charge in [0.2, 0.25) is 11.7 Å². The molecule has 1 aromatic carbocycles. The number of thioether (sulfide) groups is 1. The Morgan fingerprint density at radius 3 is 2.91 bits per heavy atom. The van der Waals surface area contributed by atoms with E-state index in [2.05, 4.69) is 32.0 Å². The minimum absolute atomic E-state index is 0.546. The van der Waals surface area contributed by atoms with Crippen LogP contribution in [0.25, 0.3) is 11.4 Å². The van der Waals surface area contributed by atoms with Crippen molar-refractivity contribution in [2.45, 2.75) is 6.42 Å². The molecule has 0 aliphatic rings. The molecule has 6 nitrogen and oxygen atoms in total. The first-order valence-corrected chi connectivity index (χ1v) is 9.02. The van der Waals surface area contributed by atoms with Crippen LogP contribution < -0.4 is 10.6 Å². The number of halogens is 1. The maximum Gasteiger partial charge on any atom is 0.228 e. The molecule has 0 spiro atoms. The molecule has 2 aromatic rings. The largest absolute Gasteiger partial charge is 0.356 e. The number of nitrogens with one attached hydrogen (secondary N) is 2. The van der Waals surface area contributed by atoms with Gasteiger partial charge in [0.1, 0.15) is 0 Å². The highest BCUT2D eigenvalue weighted by atomic mass is 35.5. The van der Waals surface area contributed by atoms with Gasteiger partial charge in [0, 0.05) is 42.9 Å². The van der Waals surface area contributed by atoms with Crippen LogP contribution in [0.4, 0.5) is 0 Å². The summed E-state index contributed by atoms with van der Waals surface area (Å²) in [5.74, 6) is 2.93. The standard InChI is InChI=1S/C15H20ClN5OS/c1-17-15(19-8-9-23-2)18-7-6-13-20-14(21-22-13)11-4-3-5-12(16)10-11/h3-5,10H,6-9H2,1-2H3,(H2,17,18,19). The molecule has 0 atom stereocenters. The van der Waals surface area contributed by atoms with Crippen LogP contribution in [0.1, 0.15) is 5.89 Å². The van der Waals surface area contributed by atoms with Crippen molar-refractivity contribution in [3.05, 3.63) is 35.2 Å². The van der Waals surface area contributed by atoms with E-state index in [-0.39, 0.29) is 0 Å². The first-order chi connectivity index (χ1) is 11.2. The Hall–Kier alpha value is -1.73. The Kier molecular flexibility index (Phi) is 7.22. The summed E-state index contributed by atoms with van der Waals surface area (Å²) in [6.45, 7) is 1.54. The van der Waals surface area contributed by atoms with Gasteiger partial charge >= 0.3 is 0 Å². The Balaban J connectivity index is 1.83. The summed E-state index contributed by atoms with van der Waals surface area (Å²) in [6.07, 6.45) is 2.70. The number of aliphatic imine (C=N–C) groups is 1. The monoisotopic (exact) mass is 353 g/mol. The summed E-state index contributed by atoms with van der Waals surface area (Å²) in [6, 6.07) is 7.38. The van der Waals surface area contributed by atoms with Gasteiger partial charge < -0.3 is 15.2 Å². The number of benzene rings is 1. The van der Waals surface area contributed by atoms with E-state index < -0.39 is 0 Å². The lowest BCUT2D eigenvalue weighted by molar-refractivity contribution is 0.378. The minimum atomic E-state index is 0.546. The summed E-state index contributed by atoms with van der Waals surface area (Å²) in [5.41, 5.74) is 0.843. The van der Waals surface area contributed by atoms with Crippen molar-refractivity contribution < 1.29 is 4.52 Å². The van der Waals surface area contributed by atoms with Crippen LogP contribution >= 0.6 is 23.4 Å². The average Bonchev–Trinajstić information content (AvgIpc) is 3.02. The fourth-order valence-electron chi connectivity index (χ4n) is 1.88. The van der Waals surface area contributed by atoms with Crippen molar-refractivity contribution >= 4 is 29.3 Å². The molecule has 0 radical (unpaired) electrons.